The molecule has 0 aromatic heterocycles. The quantitative estimate of drug-likeness (QED) is 0.477. The Morgan fingerprint density at radius 3 is 2.30 bits per heavy atom. The molecule has 4 nitrogen and oxygen atoms in total. The van der Waals surface area contributed by atoms with E-state index >= 15 is 0 Å². The van der Waals surface area contributed by atoms with Crippen molar-refractivity contribution in [2.45, 2.75) is 6.92 Å². The van der Waals surface area contributed by atoms with Crippen LogP contribution < -0.4 is 4.74 Å². The minimum Gasteiger partial charge on any atom is -0.494 e. The Morgan fingerprint density at radius 1 is 1.17 bits per heavy atom. The first kappa shape index (κ1) is 17.7. The van der Waals surface area contributed by atoms with Crippen molar-refractivity contribution in [1.82, 2.24) is 0 Å². The summed E-state index contributed by atoms with van der Waals surface area (Å²) in [5.74, 6) is 0.409. The number of halogens is 2. The topological polar surface area (TPSA) is 47.9 Å². The van der Waals surface area contributed by atoms with E-state index in [-0.39, 0.29) is 5.97 Å². The number of esters is 1. The molecule has 0 radical (unpaired) electrons. The standard InChI is InChI=1S/C17H15Br2NO3/c1-3-23-17(21)12-4-6-13(7-5-12)20-10-11-8-14(18)16(22-2)15(19)9-11/h4-10H,3H2,1-2H3. The number of carbonyl (C=O) groups excluding carboxylic acids is 1. The summed E-state index contributed by atoms with van der Waals surface area (Å²) in [4.78, 5) is 16.0. The van der Waals surface area contributed by atoms with Gasteiger partial charge in [-0.3, -0.25) is 4.99 Å². The van der Waals surface area contributed by atoms with E-state index in [1.807, 2.05) is 12.1 Å². The van der Waals surface area contributed by atoms with Crippen LogP contribution >= 0.6 is 31.9 Å². The Kier molecular flexibility index (Phi) is 6.36. The molecular weight excluding hydrogens is 426 g/mol. The fraction of sp³-hybridized carbons (Fsp3) is 0.176. The lowest BCUT2D eigenvalue weighted by molar-refractivity contribution is 0.0526. The Labute approximate surface area is 151 Å². The van der Waals surface area contributed by atoms with Crippen molar-refractivity contribution in [3.8, 4) is 5.75 Å². The predicted molar refractivity (Wildman–Crippen MR) is 98.0 cm³/mol. The monoisotopic (exact) mass is 439 g/mol. The Balaban J connectivity index is 2.16. The summed E-state index contributed by atoms with van der Waals surface area (Å²) in [6.45, 7) is 2.14. The summed E-state index contributed by atoms with van der Waals surface area (Å²) in [6.07, 6.45) is 1.74. The molecule has 0 N–H and O–H groups in total. The zero-order chi connectivity index (χ0) is 16.8. The van der Waals surface area contributed by atoms with Gasteiger partial charge in [-0.25, -0.2) is 4.79 Å². The molecule has 0 heterocycles. The number of carbonyl (C=O) groups is 1. The van der Waals surface area contributed by atoms with Crippen molar-refractivity contribution in [2.75, 3.05) is 13.7 Å². The molecule has 0 aliphatic rings. The average molecular weight is 441 g/mol. The van der Waals surface area contributed by atoms with Gasteiger partial charge in [0, 0.05) is 6.21 Å². The first-order valence-electron chi connectivity index (χ1n) is 6.89. The summed E-state index contributed by atoms with van der Waals surface area (Å²) < 4.78 is 11.9. The van der Waals surface area contributed by atoms with Crippen molar-refractivity contribution < 1.29 is 14.3 Å². The lowest BCUT2D eigenvalue weighted by Crippen LogP contribution is -2.03. The number of aliphatic imine (C=N–C) groups is 1. The van der Waals surface area contributed by atoms with Gasteiger partial charge < -0.3 is 9.47 Å². The second-order valence-electron chi connectivity index (χ2n) is 4.54. The van der Waals surface area contributed by atoms with E-state index < -0.39 is 0 Å². The Bertz CT molecular complexity index is 704. The molecule has 0 bridgehead atoms. The maximum Gasteiger partial charge on any atom is 0.338 e. The maximum atomic E-state index is 11.6. The van der Waals surface area contributed by atoms with E-state index in [1.165, 1.54) is 0 Å². The van der Waals surface area contributed by atoms with Crippen LogP contribution in [0.5, 0.6) is 5.75 Å². The average Bonchev–Trinajstić information content (AvgIpc) is 2.53. The number of nitrogens with zero attached hydrogens (tertiary/aromatic N) is 1. The second kappa shape index (κ2) is 8.26. The maximum absolute atomic E-state index is 11.6. The van der Waals surface area contributed by atoms with Crippen molar-refractivity contribution in [1.29, 1.82) is 0 Å². The minimum absolute atomic E-state index is 0.328. The van der Waals surface area contributed by atoms with Crippen molar-refractivity contribution in [3.05, 3.63) is 56.5 Å². The van der Waals surface area contributed by atoms with E-state index in [0.29, 0.717) is 12.2 Å². The lowest BCUT2D eigenvalue weighted by atomic mass is 10.2. The van der Waals surface area contributed by atoms with E-state index in [1.54, 1.807) is 44.5 Å². The van der Waals surface area contributed by atoms with Gasteiger partial charge in [-0.15, -0.1) is 0 Å². The van der Waals surface area contributed by atoms with Gasteiger partial charge in [0.1, 0.15) is 5.75 Å². The largest absolute Gasteiger partial charge is 0.494 e. The molecule has 2 aromatic rings. The number of hydrogen-bond donors (Lipinski definition) is 0. The molecule has 120 valence electrons. The molecule has 0 spiro atoms. The highest BCUT2D eigenvalue weighted by molar-refractivity contribution is 9.11. The van der Waals surface area contributed by atoms with Crippen molar-refractivity contribution >= 4 is 49.7 Å². The number of ether oxygens (including phenoxy) is 2. The molecule has 0 fully saturated rings. The predicted octanol–water partition coefficient (Wildman–Crippen LogP) is 5.15. The van der Waals surface area contributed by atoms with E-state index in [2.05, 4.69) is 36.9 Å². The number of methoxy groups -OCH3 is 1. The van der Waals surface area contributed by atoms with Crippen LogP contribution in [0.25, 0.3) is 0 Å². The fourth-order valence-corrected chi connectivity index (χ4v) is 3.44. The van der Waals surface area contributed by atoms with Crippen LogP contribution in [-0.2, 0) is 4.74 Å². The van der Waals surface area contributed by atoms with Gasteiger partial charge in [-0.1, -0.05) is 0 Å². The first-order chi connectivity index (χ1) is 11.0. The van der Waals surface area contributed by atoms with Crippen LogP contribution in [-0.4, -0.2) is 25.9 Å². The zero-order valence-corrected chi connectivity index (χ0v) is 15.8. The number of hydrogen-bond acceptors (Lipinski definition) is 4. The highest BCUT2D eigenvalue weighted by atomic mass is 79.9. The molecule has 23 heavy (non-hydrogen) atoms. The summed E-state index contributed by atoms with van der Waals surface area (Å²) in [5, 5.41) is 0. The Morgan fingerprint density at radius 2 is 1.78 bits per heavy atom. The number of benzene rings is 2. The molecule has 0 amide bonds. The summed E-state index contributed by atoms with van der Waals surface area (Å²) in [5.41, 5.74) is 2.18. The van der Waals surface area contributed by atoms with Gasteiger partial charge in [-0.05, 0) is 80.7 Å². The molecular formula is C17H15Br2NO3. The zero-order valence-electron chi connectivity index (χ0n) is 12.7. The van der Waals surface area contributed by atoms with Gasteiger partial charge in [-0.2, -0.15) is 0 Å². The van der Waals surface area contributed by atoms with Crippen LogP contribution in [0.2, 0.25) is 0 Å². The highest BCUT2D eigenvalue weighted by Crippen LogP contribution is 2.34. The van der Waals surface area contributed by atoms with Crippen LogP contribution in [0.1, 0.15) is 22.8 Å². The van der Waals surface area contributed by atoms with Gasteiger partial charge >= 0.3 is 5.97 Å². The van der Waals surface area contributed by atoms with Crippen molar-refractivity contribution in [2.24, 2.45) is 4.99 Å². The van der Waals surface area contributed by atoms with E-state index in [9.17, 15) is 4.79 Å². The summed E-state index contributed by atoms with van der Waals surface area (Å²) in [6, 6.07) is 10.8. The molecule has 0 saturated carbocycles. The third-order valence-corrected chi connectivity index (χ3v) is 4.14. The molecule has 0 saturated heterocycles. The van der Waals surface area contributed by atoms with Crippen LogP contribution in [0.4, 0.5) is 5.69 Å². The molecule has 0 aliphatic heterocycles. The van der Waals surface area contributed by atoms with Gasteiger partial charge in [0.15, 0.2) is 0 Å². The molecule has 0 unspecified atom stereocenters. The minimum atomic E-state index is -0.328. The van der Waals surface area contributed by atoms with E-state index in [0.717, 1.165) is 25.9 Å². The summed E-state index contributed by atoms with van der Waals surface area (Å²) in [7, 11) is 1.61. The first-order valence-corrected chi connectivity index (χ1v) is 8.48. The molecule has 0 atom stereocenters. The van der Waals surface area contributed by atoms with Gasteiger partial charge in [0.2, 0.25) is 0 Å². The van der Waals surface area contributed by atoms with Gasteiger partial charge in [0.05, 0.1) is 33.9 Å². The van der Waals surface area contributed by atoms with E-state index in [4.69, 9.17) is 9.47 Å². The highest BCUT2D eigenvalue weighted by Gasteiger charge is 2.07. The third-order valence-electron chi connectivity index (χ3n) is 2.97. The third kappa shape index (κ3) is 4.65. The SMILES string of the molecule is CCOC(=O)c1ccc(N=Cc2cc(Br)c(OC)c(Br)c2)cc1. The lowest BCUT2D eigenvalue weighted by Gasteiger charge is -2.06. The molecule has 6 heteroatoms. The van der Waals surface area contributed by atoms with Gasteiger partial charge in [0.25, 0.3) is 0 Å². The molecule has 0 aliphatic carbocycles. The molecule has 2 aromatic carbocycles. The van der Waals surface area contributed by atoms with Crippen LogP contribution in [0.15, 0.2) is 50.3 Å². The summed E-state index contributed by atoms with van der Waals surface area (Å²) >= 11 is 6.91. The second-order valence-corrected chi connectivity index (χ2v) is 6.25. The molecule has 2 rings (SSSR count). The number of rotatable bonds is 5. The fourth-order valence-electron chi connectivity index (χ4n) is 1.90. The van der Waals surface area contributed by atoms with Crippen LogP contribution in [0.3, 0.4) is 0 Å². The van der Waals surface area contributed by atoms with Crippen LogP contribution in [0, 0.1) is 0 Å². The normalized spacial score (nSPS) is 10.8. The smallest absolute Gasteiger partial charge is 0.338 e. The Hall–Kier alpha value is -1.66. The van der Waals surface area contributed by atoms with Crippen molar-refractivity contribution in [3.63, 3.8) is 0 Å².